The van der Waals surface area contributed by atoms with E-state index in [1.807, 2.05) is 30.3 Å². The Kier molecular flexibility index (Phi) is 4.07. The van der Waals surface area contributed by atoms with Crippen molar-refractivity contribution >= 4 is 16.7 Å². The van der Waals surface area contributed by atoms with E-state index in [0.29, 0.717) is 6.42 Å². The van der Waals surface area contributed by atoms with Gasteiger partial charge in [0.25, 0.3) is 0 Å². The Bertz CT molecular complexity index is 597. The molecule has 3 heteroatoms. The molecule has 0 saturated carbocycles. The maximum Gasteiger partial charge on any atom is 0.163 e. The number of ketones is 1. The third kappa shape index (κ3) is 2.88. The van der Waals surface area contributed by atoms with E-state index in [9.17, 15) is 4.79 Å². The minimum atomic E-state index is 0.192. The van der Waals surface area contributed by atoms with Gasteiger partial charge in [-0.05, 0) is 37.8 Å². The summed E-state index contributed by atoms with van der Waals surface area (Å²) in [4.78, 5) is 16.7. The number of carbonyl (C=O) groups is 1. The lowest BCUT2D eigenvalue weighted by Crippen LogP contribution is -2.20. The van der Waals surface area contributed by atoms with E-state index >= 15 is 0 Å². The fourth-order valence-corrected chi connectivity index (χ4v) is 2.81. The van der Waals surface area contributed by atoms with Gasteiger partial charge in [0.2, 0.25) is 0 Å². The first-order chi connectivity index (χ1) is 9.84. The number of hydrogen-bond donors (Lipinski definition) is 0. The van der Waals surface area contributed by atoms with Crippen LogP contribution in [-0.4, -0.2) is 23.5 Å². The molecular weight excluding hydrogens is 250 g/mol. The largest absolute Gasteiger partial charge is 0.378 e. The van der Waals surface area contributed by atoms with Crippen molar-refractivity contribution in [1.82, 2.24) is 4.98 Å². The van der Waals surface area contributed by atoms with Gasteiger partial charge in [-0.2, -0.15) is 0 Å². The molecule has 0 spiro atoms. The minimum Gasteiger partial charge on any atom is -0.378 e. The molecule has 1 unspecified atom stereocenters. The van der Waals surface area contributed by atoms with Gasteiger partial charge >= 0.3 is 0 Å². The predicted molar refractivity (Wildman–Crippen MR) is 78.9 cm³/mol. The molecule has 1 aromatic carbocycles. The van der Waals surface area contributed by atoms with Crippen LogP contribution in [0.3, 0.4) is 0 Å². The summed E-state index contributed by atoms with van der Waals surface area (Å²) in [5.41, 5.74) is 1.67. The number of ether oxygens (including phenoxy) is 1. The first kappa shape index (κ1) is 13.3. The lowest BCUT2D eigenvalue weighted by atomic mass is 9.98. The maximum absolute atomic E-state index is 12.4. The van der Waals surface area contributed by atoms with E-state index in [-0.39, 0.29) is 11.9 Å². The van der Waals surface area contributed by atoms with Crippen LogP contribution < -0.4 is 0 Å². The van der Waals surface area contributed by atoms with Gasteiger partial charge in [0, 0.05) is 30.2 Å². The van der Waals surface area contributed by atoms with E-state index in [2.05, 4.69) is 4.98 Å². The van der Waals surface area contributed by atoms with Crippen LogP contribution in [-0.2, 0) is 4.74 Å². The zero-order valence-electron chi connectivity index (χ0n) is 11.5. The second-order valence-electron chi connectivity index (χ2n) is 5.33. The summed E-state index contributed by atoms with van der Waals surface area (Å²) in [5, 5.41) is 0.949. The Morgan fingerprint density at radius 1 is 1.25 bits per heavy atom. The smallest absolute Gasteiger partial charge is 0.163 e. The second kappa shape index (κ2) is 6.14. The molecule has 0 aliphatic carbocycles. The summed E-state index contributed by atoms with van der Waals surface area (Å²) in [5.74, 6) is 0.192. The minimum absolute atomic E-state index is 0.192. The van der Waals surface area contributed by atoms with E-state index in [1.165, 1.54) is 6.42 Å². The Labute approximate surface area is 119 Å². The van der Waals surface area contributed by atoms with Crippen LogP contribution in [0.4, 0.5) is 0 Å². The highest BCUT2D eigenvalue weighted by Gasteiger charge is 2.17. The standard InChI is InChI=1S/C17H19NO2/c19-17(10-9-13-5-1-2-12-20-13)15-6-3-8-16-14(15)7-4-11-18-16/h3-4,6-8,11,13H,1-2,5,9-10,12H2. The summed E-state index contributed by atoms with van der Waals surface area (Å²) in [6.45, 7) is 0.844. The van der Waals surface area contributed by atoms with Crippen LogP contribution in [0.5, 0.6) is 0 Å². The number of rotatable bonds is 4. The molecule has 1 fully saturated rings. The zero-order chi connectivity index (χ0) is 13.8. The molecule has 0 amide bonds. The molecular formula is C17H19NO2. The van der Waals surface area contributed by atoms with Crippen molar-refractivity contribution in [1.29, 1.82) is 0 Å². The third-order valence-corrected chi connectivity index (χ3v) is 3.91. The average Bonchev–Trinajstić information content (AvgIpc) is 2.53. The van der Waals surface area contributed by atoms with Crippen molar-refractivity contribution < 1.29 is 9.53 Å². The molecule has 0 radical (unpaired) electrons. The fraction of sp³-hybridized carbons (Fsp3) is 0.412. The van der Waals surface area contributed by atoms with E-state index in [1.54, 1.807) is 6.20 Å². The van der Waals surface area contributed by atoms with Crippen LogP contribution in [0.1, 0.15) is 42.5 Å². The molecule has 3 rings (SSSR count). The number of aromatic nitrogens is 1. The number of benzene rings is 1. The number of fused-ring (bicyclic) bond motifs is 1. The number of Topliss-reactive ketones (excluding diaryl/α,β-unsaturated/α-hetero) is 1. The normalized spacial score (nSPS) is 19.1. The summed E-state index contributed by atoms with van der Waals surface area (Å²) in [6.07, 6.45) is 6.86. The summed E-state index contributed by atoms with van der Waals surface area (Å²) in [7, 11) is 0. The van der Waals surface area contributed by atoms with E-state index < -0.39 is 0 Å². The van der Waals surface area contributed by atoms with Gasteiger partial charge in [-0.3, -0.25) is 9.78 Å². The van der Waals surface area contributed by atoms with Crippen LogP contribution in [0.15, 0.2) is 36.5 Å². The van der Waals surface area contributed by atoms with Gasteiger partial charge in [0.15, 0.2) is 5.78 Å². The van der Waals surface area contributed by atoms with Crippen molar-refractivity contribution in [2.75, 3.05) is 6.61 Å². The van der Waals surface area contributed by atoms with Crippen LogP contribution >= 0.6 is 0 Å². The zero-order valence-corrected chi connectivity index (χ0v) is 11.5. The molecule has 3 nitrogen and oxygen atoms in total. The van der Waals surface area contributed by atoms with Gasteiger partial charge in [0.05, 0.1) is 11.6 Å². The lowest BCUT2D eigenvalue weighted by molar-refractivity contribution is 0.0104. The molecule has 1 aliphatic heterocycles. The van der Waals surface area contributed by atoms with Crippen molar-refractivity contribution in [2.45, 2.75) is 38.2 Å². The molecule has 1 aliphatic rings. The van der Waals surface area contributed by atoms with Crippen LogP contribution in [0.25, 0.3) is 10.9 Å². The van der Waals surface area contributed by atoms with Gasteiger partial charge in [-0.15, -0.1) is 0 Å². The molecule has 2 heterocycles. The van der Waals surface area contributed by atoms with Crippen LogP contribution in [0.2, 0.25) is 0 Å². The Hall–Kier alpha value is -1.74. The molecule has 0 bridgehead atoms. The number of pyridine rings is 1. The van der Waals surface area contributed by atoms with Crippen molar-refractivity contribution in [3.05, 3.63) is 42.1 Å². The third-order valence-electron chi connectivity index (χ3n) is 3.91. The number of nitrogens with zero attached hydrogens (tertiary/aromatic N) is 1. The van der Waals surface area contributed by atoms with Gasteiger partial charge < -0.3 is 4.74 Å². The predicted octanol–water partition coefficient (Wildman–Crippen LogP) is 3.77. The second-order valence-corrected chi connectivity index (χ2v) is 5.33. The lowest BCUT2D eigenvalue weighted by Gasteiger charge is -2.22. The van der Waals surface area contributed by atoms with E-state index in [4.69, 9.17) is 4.74 Å². The Morgan fingerprint density at radius 2 is 2.20 bits per heavy atom. The summed E-state index contributed by atoms with van der Waals surface area (Å²) < 4.78 is 5.69. The number of hydrogen-bond acceptors (Lipinski definition) is 3. The quantitative estimate of drug-likeness (QED) is 0.793. The number of carbonyl (C=O) groups excluding carboxylic acids is 1. The van der Waals surface area contributed by atoms with Gasteiger partial charge in [0.1, 0.15) is 0 Å². The van der Waals surface area contributed by atoms with Gasteiger partial charge in [-0.25, -0.2) is 0 Å². The molecule has 1 atom stereocenters. The summed E-state index contributed by atoms with van der Waals surface area (Å²) in [6, 6.07) is 9.58. The fourth-order valence-electron chi connectivity index (χ4n) is 2.81. The average molecular weight is 269 g/mol. The van der Waals surface area contributed by atoms with Crippen LogP contribution in [0, 0.1) is 0 Å². The van der Waals surface area contributed by atoms with E-state index in [0.717, 1.165) is 42.3 Å². The summed E-state index contributed by atoms with van der Waals surface area (Å²) >= 11 is 0. The first-order valence-corrected chi connectivity index (χ1v) is 7.33. The maximum atomic E-state index is 12.4. The highest BCUT2D eigenvalue weighted by Crippen LogP contribution is 2.21. The highest BCUT2D eigenvalue weighted by atomic mass is 16.5. The van der Waals surface area contributed by atoms with Gasteiger partial charge in [-0.1, -0.05) is 18.2 Å². The molecule has 2 aromatic rings. The molecule has 1 aromatic heterocycles. The Morgan fingerprint density at radius 3 is 3.05 bits per heavy atom. The molecule has 20 heavy (non-hydrogen) atoms. The van der Waals surface area contributed by atoms with Crippen molar-refractivity contribution in [3.63, 3.8) is 0 Å². The highest BCUT2D eigenvalue weighted by molar-refractivity contribution is 6.07. The molecule has 0 N–H and O–H groups in total. The first-order valence-electron chi connectivity index (χ1n) is 7.33. The Balaban J connectivity index is 1.72. The molecule has 1 saturated heterocycles. The van der Waals surface area contributed by atoms with Crippen molar-refractivity contribution in [3.8, 4) is 0 Å². The SMILES string of the molecule is O=C(CCC1CCCCO1)c1cccc2ncccc12. The molecule has 104 valence electrons. The monoisotopic (exact) mass is 269 g/mol. The van der Waals surface area contributed by atoms with Crippen molar-refractivity contribution in [2.24, 2.45) is 0 Å². The topological polar surface area (TPSA) is 39.2 Å².